The van der Waals surface area contributed by atoms with E-state index in [2.05, 4.69) is 15.3 Å². The maximum absolute atomic E-state index is 11.6. The number of nitrogens with zero attached hydrogens (tertiary/aromatic N) is 3. The molecule has 1 N–H and O–H groups in total. The number of fused-ring (bicyclic) bond motifs is 1. The maximum Gasteiger partial charge on any atom is 0.234 e. The first-order chi connectivity index (χ1) is 11.7. The number of likely N-dealkylation sites (tertiary alicyclic amines) is 1. The molecule has 0 spiro atoms. The second-order valence-corrected chi connectivity index (χ2v) is 5.84. The fourth-order valence-electron chi connectivity index (χ4n) is 2.97. The average molecular weight is 330 g/mol. The zero-order valence-electron chi connectivity index (χ0n) is 13.9. The summed E-state index contributed by atoms with van der Waals surface area (Å²) in [5.41, 5.74) is 0.896. The van der Waals surface area contributed by atoms with Crippen molar-refractivity contribution in [2.45, 2.75) is 25.2 Å². The first-order valence-corrected chi connectivity index (χ1v) is 8.03. The van der Waals surface area contributed by atoms with Crippen LogP contribution >= 0.6 is 0 Å². The van der Waals surface area contributed by atoms with Crippen LogP contribution in [0, 0.1) is 0 Å². The molecule has 1 aliphatic rings. The second kappa shape index (κ2) is 7.55. The Labute approximate surface area is 141 Å². The van der Waals surface area contributed by atoms with E-state index in [1.165, 1.54) is 6.33 Å². The third-order valence-corrected chi connectivity index (χ3v) is 4.29. The highest BCUT2D eigenvalue weighted by molar-refractivity contribution is 5.79. The molecule has 2 atom stereocenters. The highest BCUT2D eigenvalue weighted by Gasteiger charge is 2.30. The zero-order valence-corrected chi connectivity index (χ0v) is 13.9. The van der Waals surface area contributed by atoms with Gasteiger partial charge in [-0.3, -0.25) is 9.69 Å². The molecule has 128 valence electrons. The highest BCUT2D eigenvalue weighted by atomic mass is 16.5. The minimum atomic E-state index is -0.121. The van der Waals surface area contributed by atoms with E-state index in [1.54, 1.807) is 20.4 Å². The Morgan fingerprint density at radius 1 is 1.46 bits per heavy atom. The molecular formula is C17H22N4O3. The number of likely N-dealkylation sites (N-methyl/N-ethyl adjacent to an activating group) is 1. The third-order valence-electron chi connectivity index (χ3n) is 4.29. The molecule has 24 heavy (non-hydrogen) atoms. The predicted molar refractivity (Wildman–Crippen MR) is 89.6 cm³/mol. The molecule has 0 bridgehead atoms. The molecule has 1 fully saturated rings. The van der Waals surface area contributed by atoms with Crippen molar-refractivity contribution in [2.24, 2.45) is 0 Å². The Morgan fingerprint density at radius 3 is 3.12 bits per heavy atom. The van der Waals surface area contributed by atoms with E-state index < -0.39 is 0 Å². The fraction of sp³-hybridized carbons (Fsp3) is 0.471. The second-order valence-electron chi connectivity index (χ2n) is 5.84. The van der Waals surface area contributed by atoms with Crippen LogP contribution in [0.2, 0.25) is 0 Å². The van der Waals surface area contributed by atoms with E-state index in [4.69, 9.17) is 9.47 Å². The molecule has 2 heterocycles. The molecule has 1 amide bonds. The van der Waals surface area contributed by atoms with Gasteiger partial charge in [0.25, 0.3) is 0 Å². The standard InChI is InChI=1S/C17H22N4O3/c1-18-16(22)10-21-6-5-14(8-17(21)23-2)24-13-3-4-15-12(7-13)9-19-11-20-15/h3-4,7,9,11,14,17H,5-6,8,10H2,1-2H3,(H,18,22). The van der Waals surface area contributed by atoms with E-state index in [0.29, 0.717) is 6.54 Å². The van der Waals surface area contributed by atoms with Gasteiger partial charge in [0.15, 0.2) is 0 Å². The summed E-state index contributed by atoms with van der Waals surface area (Å²) in [6.45, 7) is 1.10. The molecule has 2 aromatic rings. The number of carbonyl (C=O) groups excluding carboxylic acids is 1. The van der Waals surface area contributed by atoms with Crippen molar-refractivity contribution in [3.63, 3.8) is 0 Å². The number of amides is 1. The molecule has 7 nitrogen and oxygen atoms in total. The van der Waals surface area contributed by atoms with E-state index in [-0.39, 0.29) is 18.2 Å². The zero-order chi connectivity index (χ0) is 16.9. The molecule has 0 saturated carbocycles. The number of nitrogens with one attached hydrogen (secondary N) is 1. The van der Waals surface area contributed by atoms with Gasteiger partial charge in [0, 0.05) is 38.7 Å². The van der Waals surface area contributed by atoms with Crippen molar-refractivity contribution in [1.29, 1.82) is 0 Å². The molecule has 7 heteroatoms. The van der Waals surface area contributed by atoms with E-state index in [1.807, 2.05) is 23.1 Å². The average Bonchev–Trinajstić information content (AvgIpc) is 2.62. The molecule has 0 aliphatic carbocycles. The van der Waals surface area contributed by atoms with Gasteiger partial charge in [0.2, 0.25) is 5.91 Å². The quantitative estimate of drug-likeness (QED) is 0.887. The summed E-state index contributed by atoms with van der Waals surface area (Å²) in [6.07, 6.45) is 4.81. The number of hydrogen-bond acceptors (Lipinski definition) is 6. The summed E-state index contributed by atoms with van der Waals surface area (Å²) in [7, 11) is 3.31. The summed E-state index contributed by atoms with van der Waals surface area (Å²) in [5.74, 6) is 0.794. The summed E-state index contributed by atoms with van der Waals surface area (Å²) in [5, 5.41) is 3.60. The van der Waals surface area contributed by atoms with Crippen molar-refractivity contribution in [1.82, 2.24) is 20.2 Å². The SMILES string of the molecule is CNC(=O)CN1CCC(Oc2ccc3ncncc3c2)CC1OC. The van der Waals surface area contributed by atoms with Crippen LogP contribution in [-0.4, -0.2) is 60.4 Å². The van der Waals surface area contributed by atoms with Crippen molar-refractivity contribution < 1.29 is 14.3 Å². The topological polar surface area (TPSA) is 76.6 Å². The Hall–Kier alpha value is -2.25. The predicted octanol–water partition coefficient (Wildman–Crippen LogP) is 1.19. The molecule has 1 saturated heterocycles. The molecule has 3 rings (SSSR count). The van der Waals surface area contributed by atoms with Gasteiger partial charge < -0.3 is 14.8 Å². The summed E-state index contributed by atoms with van der Waals surface area (Å²) in [4.78, 5) is 21.9. The van der Waals surface area contributed by atoms with Crippen LogP contribution < -0.4 is 10.1 Å². The van der Waals surface area contributed by atoms with Crippen molar-refractivity contribution in [2.75, 3.05) is 27.2 Å². The van der Waals surface area contributed by atoms with Crippen molar-refractivity contribution >= 4 is 16.8 Å². The molecule has 1 aromatic carbocycles. The van der Waals surface area contributed by atoms with Gasteiger partial charge in [-0.25, -0.2) is 9.97 Å². The lowest BCUT2D eigenvalue weighted by atomic mass is 10.1. The molecular weight excluding hydrogens is 308 g/mol. The van der Waals surface area contributed by atoms with Gasteiger partial charge in [0.1, 0.15) is 24.4 Å². The number of piperidine rings is 1. The monoisotopic (exact) mass is 330 g/mol. The van der Waals surface area contributed by atoms with Gasteiger partial charge in [-0.15, -0.1) is 0 Å². The lowest BCUT2D eigenvalue weighted by molar-refractivity contribution is -0.130. The minimum Gasteiger partial charge on any atom is -0.490 e. The van der Waals surface area contributed by atoms with Crippen LogP contribution in [0.25, 0.3) is 10.9 Å². The van der Waals surface area contributed by atoms with E-state index in [9.17, 15) is 4.79 Å². The Balaban J connectivity index is 1.64. The molecule has 0 radical (unpaired) electrons. The first-order valence-electron chi connectivity index (χ1n) is 8.03. The summed E-state index contributed by atoms with van der Waals surface area (Å²) < 4.78 is 11.6. The number of ether oxygens (including phenoxy) is 2. The van der Waals surface area contributed by atoms with Gasteiger partial charge in [-0.1, -0.05) is 0 Å². The Bertz CT molecular complexity index is 709. The number of benzene rings is 1. The van der Waals surface area contributed by atoms with Gasteiger partial charge >= 0.3 is 0 Å². The van der Waals surface area contributed by atoms with Gasteiger partial charge in [-0.05, 0) is 24.6 Å². The Morgan fingerprint density at radius 2 is 2.33 bits per heavy atom. The fourth-order valence-corrected chi connectivity index (χ4v) is 2.97. The van der Waals surface area contributed by atoms with Crippen LogP contribution in [0.5, 0.6) is 5.75 Å². The maximum atomic E-state index is 11.6. The minimum absolute atomic E-state index is 0.00838. The van der Waals surface area contributed by atoms with Crippen molar-refractivity contribution in [3.8, 4) is 5.75 Å². The van der Waals surface area contributed by atoms with Crippen LogP contribution in [0.15, 0.2) is 30.7 Å². The summed E-state index contributed by atoms with van der Waals surface area (Å²) >= 11 is 0. The van der Waals surface area contributed by atoms with Crippen LogP contribution in [0.1, 0.15) is 12.8 Å². The smallest absolute Gasteiger partial charge is 0.234 e. The number of hydrogen-bond donors (Lipinski definition) is 1. The van der Waals surface area contributed by atoms with Crippen LogP contribution in [0.4, 0.5) is 0 Å². The first kappa shape index (κ1) is 16.6. The molecule has 1 aliphatic heterocycles. The van der Waals surface area contributed by atoms with Crippen molar-refractivity contribution in [3.05, 3.63) is 30.7 Å². The highest BCUT2D eigenvalue weighted by Crippen LogP contribution is 2.25. The Kier molecular flexibility index (Phi) is 5.22. The van der Waals surface area contributed by atoms with Gasteiger partial charge in [0.05, 0.1) is 12.1 Å². The van der Waals surface area contributed by atoms with Crippen LogP contribution in [0.3, 0.4) is 0 Å². The number of methoxy groups -OCH3 is 1. The molecule has 2 unspecified atom stereocenters. The normalized spacial score (nSPS) is 21.6. The van der Waals surface area contributed by atoms with Crippen LogP contribution in [-0.2, 0) is 9.53 Å². The van der Waals surface area contributed by atoms with E-state index >= 15 is 0 Å². The largest absolute Gasteiger partial charge is 0.490 e. The third kappa shape index (κ3) is 3.80. The van der Waals surface area contributed by atoms with Gasteiger partial charge in [-0.2, -0.15) is 0 Å². The lowest BCUT2D eigenvalue weighted by Gasteiger charge is -2.37. The number of carbonyl (C=O) groups is 1. The number of rotatable bonds is 5. The lowest BCUT2D eigenvalue weighted by Crippen LogP contribution is -2.50. The summed E-state index contributed by atoms with van der Waals surface area (Å²) in [6, 6.07) is 5.81. The van der Waals surface area contributed by atoms with E-state index in [0.717, 1.165) is 36.0 Å². The molecule has 1 aromatic heterocycles. The number of aromatic nitrogens is 2.